The summed E-state index contributed by atoms with van der Waals surface area (Å²) in [6.07, 6.45) is 0. The van der Waals surface area contributed by atoms with Crippen LogP contribution in [0.5, 0.6) is 0 Å². The second kappa shape index (κ2) is 2.92. The second-order valence-corrected chi connectivity index (χ2v) is 1.94. The Hall–Kier alpha value is -1.71. The summed E-state index contributed by atoms with van der Waals surface area (Å²) in [6, 6.07) is 6.00. The molecule has 11 heavy (non-hydrogen) atoms. The van der Waals surface area contributed by atoms with Gasteiger partial charge in [-0.25, -0.2) is 0 Å². The summed E-state index contributed by atoms with van der Waals surface area (Å²) in [4.78, 5) is 13.3. The van der Waals surface area contributed by atoms with Crippen molar-refractivity contribution >= 4 is 18.1 Å². The molecule has 0 aromatic heterocycles. The van der Waals surface area contributed by atoms with E-state index in [0.717, 1.165) is 0 Å². The summed E-state index contributed by atoms with van der Waals surface area (Å²) in [5.41, 5.74) is 0.550. The smallest absolute Gasteiger partial charge is 0.264 e. The maximum atomic E-state index is 10.2. The third-order valence-corrected chi connectivity index (χ3v) is 1.22. The topological polar surface area (TPSA) is 55.5 Å². The number of nitro benzene ring substituents is 1. The first-order valence-corrected chi connectivity index (χ1v) is 2.95. The zero-order valence-corrected chi connectivity index (χ0v) is 5.73. The molecule has 1 aromatic carbocycles. The van der Waals surface area contributed by atoms with Crippen molar-refractivity contribution < 1.29 is 4.92 Å². The summed E-state index contributed by atoms with van der Waals surface area (Å²) < 4.78 is 0. The highest BCUT2D eigenvalue weighted by Gasteiger charge is 2.03. The molecule has 0 radical (unpaired) electrons. The number of aliphatic imine (C=N–C) groups is 1. The molecule has 0 aliphatic rings. The van der Waals surface area contributed by atoms with Crippen LogP contribution in [0.3, 0.4) is 0 Å². The van der Waals surface area contributed by atoms with Crippen molar-refractivity contribution in [2.45, 2.75) is 0 Å². The molecule has 0 spiro atoms. The molecule has 0 aliphatic carbocycles. The van der Waals surface area contributed by atoms with E-state index in [2.05, 4.69) is 11.7 Å². The Morgan fingerprint density at radius 1 is 1.55 bits per heavy atom. The number of hydrogen-bond donors (Lipinski definition) is 0. The molecule has 1 aromatic rings. The van der Waals surface area contributed by atoms with Gasteiger partial charge in [0.25, 0.3) is 5.69 Å². The van der Waals surface area contributed by atoms with Gasteiger partial charge in [-0.2, -0.15) is 0 Å². The molecule has 1 rings (SSSR count). The fraction of sp³-hybridized carbons (Fsp3) is 0. The van der Waals surface area contributed by atoms with Crippen LogP contribution in [-0.2, 0) is 0 Å². The van der Waals surface area contributed by atoms with Gasteiger partial charge < -0.3 is 0 Å². The van der Waals surface area contributed by atoms with Crippen LogP contribution in [0.15, 0.2) is 29.3 Å². The maximum absolute atomic E-state index is 10.2. The molecule has 0 bridgehead atoms. The molecule has 0 fully saturated rings. The molecule has 4 heteroatoms. The second-order valence-electron chi connectivity index (χ2n) is 1.94. The van der Waals surface area contributed by atoms with Gasteiger partial charge in [-0.15, -0.1) is 0 Å². The molecular weight excluding hydrogens is 144 g/mol. The molecule has 0 saturated carbocycles. The number of nitro groups is 1. The number of nitrogens with zero attached hydrogens (tertiary/aromatic N) is 2. The number of hydrogen-bond acceptors (Lipinski definition) is 3. The Morgan fingerprint density at radius 2 is 2.27 bits per heavy atom. The Bertz CT molecular complexity index is 296. The number of non-ortho nitro benzene ring substituents is 1. The fourth-order valence-electron chi connectivity index (χ4n) is 0.705. The van der Waals surface area contributed by atoms with Crippen LogP contribution in [0.25, 0.3) is 0 Å². The van der Waals surface area contributed by atoms with Crippen molar-refractivity contribution in [3.8, 4) is 0 Å². The predicted octanol–water partition coefficient (Wildman–Crippen LogP) is 1.93. The minimum atomic E-state index is -0.464. The third kappa shape index (κ3) is 1.61. The molecule has 56 valence electrons. The van der Waals surface area contributed by atoms with Gasteiger partial charge in [-0.05, 0) is 12.8 Å². The van der Waals surface area contributed by atoms with Gasteiger partial charge in [0.15, 0.2) is 0 Å². The lowest BCUT2D eigenvalue weighted by Gasteiger charge is -1.91. The van der Waals surface area contributed by atoms with Crippen LogP contribution in [-0.4, -0.2) is 11.6 Å². The molecule has 0 aliphatic heterocycles. The lowest BCUT2D eigenvalue weighted by molar-refractivity contribution is -0.384. The minimum absolute atomic E-state index is 0.0369. The van der Waals surface area contributed by atoms with Crippen molar-refractivity contribution in [1.82, 2.24) is 0 Å². The summed E-state index contributed by atoms with van der Waals surface area (Å²) in [7, 11) is 0. The molecular formula is C7H6N2O2. The Balaban J connectivity index is 3.10. The largest absolute Gasteiger partial charge is 0.271 e. The van der Waals surface area contributed by atoms with E-state index in [1.807, 2.05) is 0 Å². The van der Waals surface area contributed by atoms with Gasteiger partial charge in [0.1, 0.15) is 0 Å². The maximum Gasteiger partial charge on any atom is 0.271 e. The summed E-state index contributed by atoms with van der Waals surface area (Å²) in [5.74, 6) is 0. The van der Waals surface area contributed by atoms with Crippen LogP contribution in [0.2, 0.25) is 0 Å². The van der Waals surface area contributed by atoms with E-state index in [-0.39, 0.29) is 5.69 Å². The van der Waals surface area contributed by atoms with Crippen LogP contribution in [0, 0.1) is 10.1 Å². The van der Waals surface area contributed by atoms with E-state index in [4.69, 9.17) is 0 Å². The van der Waals surface area contributed by atoms with E-state index >= 15 is 0 Å². The standard InChI is InChI=1S/C7H6N2O2/c1-8-6-3-2-4-7(5-6)9(10)11/h2-5H,1H2. The predicted molar refractivity (Wildman–Crippen MR) is 42.3 cm³/mol. The van der Waals surface area contributed by atoms with Crippen molar-refractivity contribution in [1.29, 1.82) is 0 Å². The van der Waals surface area contributed by atoms with Gasteiger partial charge in [0, 0.05) is 12.1 Å². The molecule has 0 saturated heterocycles. The zero-order chi connectivity index (χ0) is 8.27. The van der Waals surface area contributed by atoms with Crippen LogP contribution >= 0.6 is 0 Å². The lowest BCUT2D eigenvalue weighted by atomic mass is 10.3. The van der Waals surface area contributed by atoms with E-state index in [1.165, 1.54) is 12.1 Å². The van der Waals surface area contributed by atoms with Gasteiger partial charge in [0.2, 0.25) is 0 Å². The van der Waals surface area contributed by atoms with E-state index in [9.17, 15) is 10.1 Å². The molecule has 0 unspecified atom stereocenters. The van der Waals surface area contributed by atoms with Crippen LogP contribution in [0.1, 0.15) is 0 Å². The molecule has 4 nitrogen and oxygen atoms in total. The highest BCUT2D eigenvalue weighted by molar-refractivity contribution is 5.50. The number of rotatable bonds is 2. The molecule has 0 atom stereocenters. The average molecular weight is 150 g/mol. The van der Waals surface area contributed by atoms with Crippen molar-refractivity contribution in [2.75, 3.05) is 0 Å². The van der Waals surface area contributed by atoms with Gasteiger partial charge in [0.05, 0.1) is 10.6 Å². The van der Waals surface area contributed by atoms with Crippen molar-refractivity contribution in [3.05, 3.63) is 34.4 Å². The molecule has 0 heterocycles. The third-order valence-electron chi connectivity index (χ3n) is 1.22. The van der Waals surface area contributed by atoms with Gasteiger partial charge in [-0.1, -0.05) is 6.07 Å². The first kappa shape index (κ1) is 7.40. The minimum Gasteiger partial charge on any atom is -0.264 e. The quantitative estimate of drug-likeness (QED) is 0.367. The van der Waals surface area contributed by atoms with Gasteiger partial charge >= 0.3 is 0 Å². The summed E-state index contributed by atoms with van der Waals surface area (Å²) in [6.45, 7) is 3.26. The van der Waals surface area contributed by atoms with Crippen LogP contribution in [0.4, 0.5) is 11.4 Å². The SMILES string of the molecule is C=Nc1cccc([N+](=O)[O-])c1. The Kier molecular flexibility index (Phi) is 1.96. The van der Waals surface area contributed by atoms with E-state index < -0.39 is 4.92 Å². The van der Waals surface area contributed by atoms with Crippen molar-refractivity contribution in [3.63, 3.8) is 0 Å². The highest BCUT2D eigenvalue weighted by atomic mass is 16.6. The van der Waals surface area contributed by atoms with E-state index in [1.54, 1.807) is 12.1 Å². The number of benzene rings is 1. The summed E-state index contributed by atoms with van der Waals surface area (Å²) in [5, 5.41) is 10.2. The monoisotopic (exact) mass is 150 g/mol. The average Bonchev–Trinajstić information content (AvgIpc) is 2.05. The molecule has 0 amide bonds. The first-order chi connectivity index (χ1) is 5.24. The Morgan fingerprint density at radius 3 is 2.82 bits per heavy atom. The Labute approximate surface area is 63.3 Å². The van der Waals surface area contributed by atoms with Gasteiger partial charge in [-0.3, -0.25) is 15.1 Å². The van der Waals surface area contributed by atoms with E-state index in [0.29, 0.717) is 5.69 Å². The zero-order valence-electron chi connectivity index (χ0n) is 5.73. The van der Waals surface area contributed by atoms with Crippen LogP contribution < -0.4 is 0 Å². The lowest BCUT2D eigenvalue weighted by Crippen LogP contribution is -1.85. The molecule has 0 N–H and O–H groups in total. The van der Waals surface area contributed by atoms with Crippen molar-refractivity contribution in [2.24, 2.45) is 4.99 Å². The summed E-state index contributed by atoms with van der Waals surface area (Å²) >= 11 is 0. The normalized spacial score (nSPS) is 9.09. The fourth-order valence-corrected chi connectivity index (χ4v) is 0.705. The first-order valence-electron chi connectivity index (χ1n) is 2.95. The highest BCUT2D eigenvalue weighted by Crippen LogP contribution is 2.18.